The molecule has 0 N–H and O–H groups in total. The van der Waals surface area contributed by atoms with Crippen LogP contribution in [0, 0.1) is 0 Å². The van der Waals surface area contributed by atoms with Gasteiger partial charge in [0.2, 0.25) is 0 Å². The van der Waals surface area contributed by atoms with E-state index in [4.69, 9.17) is 4.43 Å². The minimum Gasteiger partial charge on any atom is -0.406 e. The van der Waals surface area contributed by atoms with Gasteiger partial charge in [0, 0.05) is 0 Å². The Kier molecular flexibility index (Phi) is 4.52. The summed E-state index contributed by atoms with van der Waals surface area (Å²) in [5, 5.41) is 4.54. The van der Waals surface area contributed by atoms with E-state index in [1.54, 1.807) is 11.3 Å². The van der Waals surface area contributed by atoms with Crippen LogP contribution in [0.4, 0.5) is 0 Å². The SMILES string of the molecule is CC(C)(C)[Si](C)(C)O[C@H](c1ccccc1)c1ccsc1. The summed E-state index contributed by atoms with van der Waals surface area (Å²) < 4.78 is 6.68. The summed E-state index contributed by atoms with van der Waals surface area (Å²) in [4.78, 5) is 0. The lowest BCUT2D eigenvalue weighted by atomic mass is 10.1. The molecule has 2 rings (SSSR count). The van der Waals surface area contributed by atoms with Gasteiger partial charge in [-0.05, 0) is 46.1 Å². The first-order chi connectivity index (χ1) is 9.31. The van der Waals surface area contributed by atoms with E-state index in [2.05, 4.69) is 81.0 Å². The highest BCUT2D eigenvalue weighted by atomic mass is 32.1. The Morgan fingerprint density at radius 2 is 1.65 bits per heavy atom. The van der Waals surface area contributed by atoms with Gasteiger partial charge >= 0.3 is 0 Å². The maximum Gasteiger partial charge on any atom is 0.193 e. The second kappa shape index (κ2) is 5.84. The molecule has 0 spiro atoms. The topological polar surface area (TPSA) is 9.23 Å². The van der Waals surface area contributed by atoms with E-state index in [-0.39, 0.29) is 11.1 Å². The van der Waals surface area contributed by atoms with Crippen molar-refractivity contribution in [3.63, 3.8) is 0 Å². The van der Waals surface area contributed by atoms with E-state index in [0.29, 0.717) is 0 Å². The van der Waals surface area contributed by atoms with Crippen LogP contribution in [-0.2, 0) is 4.43 Å². The Morgan fingerprint density at radius 3 is 2.15 bits per heavy atom. The normalized spacial score (nSPS) is 14.2. The summed E-state index contributed by atoms with van der Waals surface area (Å²) in [5.41, 5.74) is 2.52. The summed E-state index contributed by atoms with van der Waals surface area (Å²) in [6.07, 6.45) is 0.0586. The first-order valence-electron chi connectivity index (χ1n) is 7.06. The largest absolute Gasteiger partial charge is 0.406 e. The van der Waals surface area contributed by atoms with E-state index in [9.17, 15) is 0 Å². The first kappa shape index (κ1) is 15.5. The molecule has 0 aliphatic rings. The molecule has 1 heterocycles. The van der Waals surface area contributed by atoms with E-state index in [1.165, 1.54) is 11.1 Å². The number of benzene rings is 1. The molecule has 0 amide bonds. The standard InChI is InChI=1S/C17H24OSSi/c1-17(2,3)20(4,5)18-16(15-11-12-19-13-15)14-9-7-6-8-10-14/h6-13,16H,1-5H3/t16-/m1/s1. The molecule has 0 radical (unpaired) electrons. The van der Waals surface area contributed by atoms with Crippen molar-refractivity contribution < 1.29 is 4.43 Å². The maximum atomic E-state index is 6.68. The third-order valence-corrected chi connectivity index (χ3v) is 9.31. The average molecular weight is 305 g/mol. The molecule has 0 bridgehead atoms. The number of rotatable bonds is 4. The molecular formula is C17H24OSSi. The number of hydrogen-bond acceptors (Lipinski definition) is 2. The molecule has 0 unspecified atom stereocenters. The van der Waals surface area contributed by atoms with Crippen molar-refractivity contribution in [2.24, 2.45) is 0 Å². The Bertz CT molecular complexity index is 526. The Morgan fingerprint density at radius 1 is 1.00 bits per heavy atom. The second-order valence-electron chi connectivity index (χ2n) is 6.73. The van der Waals surface area contributed by atoms with Crippen LogP contribution in [0.15, 0.2) is 47.2 Å². The Hall–Kier alpha value is -0.903. The third-order valence-electron chi connectivity index (χ3n) is 4.17. The zero-order valence-corrected chi connectivity index (χ0v) is 14.8. The third kappa shape index (κ3) is 3.40. The molecule has 2 aromatic rings. The van der Waals surface area contributed by atoms with Crippen molar-refractivity contribution in [3.8, 4) is 0 Å². The summed E-state index contributed by atoms with van der Waals surface area (Å²) in [5.74, 6) is 0. The molecule has 0 fully saturated rings. The monoisotopic (exact) mass is 304 g/mol. The van der Waals surface area contributed by atoms with Crippen molar-refractivity contribution in [2.75, 3.05) is 0 Å². The minimum atomic E-state index is -1.80. The van der Waals surface area contributed by atoms with Gasteiger partial charge in [-0.15, -0.1) is 0 Å². The van der Waals surface area contributed by atoms with E-state index in [1.807, 2.05) is 0 Å². The minimum absolute atomic E-state index is 0.0586. The number of thiophene rings is 1. The molecule has 0 saturated carbocycles. The van der Waals surface area contributed by atoms with Crippen LogP contribution in [0.25, 0.3) is 0 Å². The van der Waals surface area contributed by atoms with Gasteiger partial charge in [0.25, 0.3) is 0 Å². The van der Waals surface area contributed by atoms with Crippen LogP contribution >= 0.6 is 11.3 Å². The van der Waals surface area contributed by atoms with Gasteiger partial charge in [0.1, 0.15) is 0 Å². The van der Waals surface area contributed by atoms with Crippen molar-refractivity contribution in [3.05, 3.63) is 58.3 Å². The number of hydrogen-bond donors (Lipinski definition) is 0. The van der Waals surface area contributed by atoms with Gasteiger partial charge in [-0.25, -0.2) is 0 Å². The predicted molar refractivity (Wildman–Crippen MR) is 90.9 cm³/mol. The predicted octanol–water partition coefficient (Wildman–Crippen LogP) is 5.86. The highest BCUT2D eigenvalue weighted by molar-refractivity contribution is 7.08. The summed E-state index contributed by atoms with van der Waals surface area (Å²) >= 11 is 1.73. The van der Waals surface area contributed by atoms with Crippen molar-refractivity contribution in [2.45, 2.75) is 45.0 Å². The first-order valence-corrected chi connectivity index (χ1v) is 10.9. The van der Waals surface area contributed by atoms with E-state index in [0.717, 1.165) is 0 Å². The van der Waals surface area contributed by atoms with Gasteiger partial charge in [-0.1, -0.05) is 51.1 Å². The van der Waals surface area contributed by atoms with Crippen molar-refractivity contribution in [1.29, 1.82) is 0 Å². The van der Waals surface area contributed by atoms with Gasteiger partial charge in [0.15, 0.2) is 8.32 Å². The van der Waals surface area contributed by atoms with Gasteiger partial charge < -0.3 is 4.43 Å². The zero-order valence-electron chi connectivity index (χ0n) is 13.0. The summed E-state index contributed by atoms with van der Waals surface area (Å²) in [6.45, 7) is 11.5. The molecule has 1 aromatic heterocycles. The molecule has 1 aromatic carbocycles. The van der Waals surface area contributed by atoms with Crippen LogP contribution in [0.3, 0.4) is 0 Å². The Labute approximate surface area is 127 Å². The van der Waals surface area contributed by atoms with E-state index >= 15 is 0 Å². The fourth-order valence-corrected chi connectivity index (χ4v) is 3.74. The van der Waals surface area contributed by atoms with Crippen LogP contribution < -0.4 is 0 Å². The lowest BCUT2D eigenvalue weighted by Gasteiger charge is -2.39. The fraction of sp³-hybridized carbons (Fsp3) is 0.412. The molecule has 0 aliphatic carbocycles. The van der Waals surface area contributed by atoms with Gasteiger partial charge in [-0.2, -0.15) is 11.3 Å². The molecule has 1 nitrogen and oxygen atoms in total. The van der Waals surface area contributed by atoms with Gasteiger partial charge in [-0.3, -0.25) is 0 Å². The summed E-state index contributed by atoms with van der Waals surface area (Å²) in [6, 6.07) is 12.7. The van der Waals surface area contributed by atoms with E-state index < -0.39 is 8.32 Å². The molecule has 0 aliphatic heterocycles. The molecule has 108 valence electrons. The smallest absolute Gasteiger partial charge is 0.193 e. The van der Waals surface area contributed by atoms with Crippen LogP contribution in [0.5, 0.6) is 0 Å². The average Bonchev–Trinajstić information content (AvgIpc) is 2.89. The maximum absolute atomic E-state index is 6.68. The lowest BCUT2D eigenvalue weighted by molar-refractivity contribution is 0.222. The molecule has 20 heavy (non-hydrogen) atoms. The van der Waals surface area contributed by atoms with Crippen LogP contribution in [0.2, 0.25) is 18.1 Å². The van der Waals surface area contributed by atoms with Crippen LogP contribution in [-0.4, -0.2) is 8.32 Å². The highest BCUT2D eigenvalue weighted by Crippen LogP contribution is 2.41. The summed E-state index contributed by atoms with van der Waals surface area (Å²) in [7, 11) is -1.80. The molecule has 1 atom stereocenters. The molecule has 3 heteroatoms. The van der Waals surface area contributed by atoms with Crippen LogP contribution in [0.1, 0.15) is 38.0 Å². The molecular weight excluding hydrogens is 280 g/mol. The lowest BCUT2D eigenvalue weighted by Crippen LogP contribution is -2.42. The second-order valence-corrected chi connectivity index (χ2v) is 12.3. The van der Waals surface area contributed by atoms with Gasteiger partial charge in [0.05, 0.1) is 6.10 Å². The highest BCUT2D eigenvalue weighted by Gasteiger charge is 2.39. The van der Waals surface area contributed by atoms with Crippen molar-refractivity contribution in [1.82, 2.24) is 0 Å². The van der Waals surface area contributed by atoms with Crippen molar-refractivity contribution >= 4 is 19.7 Å². The molecule has 0 saturated heterocycles. The fourth-order valence-electron chi connectivity index (χ4n) is 1.85. The quantitative estimate of drug-likeness (QED) is 0.643. The zero-order chi connectivity index (χ0) is 14.8. The Balaban J connectivity index is 2.35.